The quantitative estimate of drug-likeness (QED) is 0.539. The molecule has 2 N–H and O–H groups in total. The van der Waals surface area contributed by atoms with Crippen molar-refractivity contribution in [2.75, 3.05) is 45.1 Å². The first kappa shape index (κ1) is 19.6. The molecule has 1 heterocycles. The number of ether oxygens (including phenoxy) is 1. The van der Waals surface area contributed by atoms with Crippen molar-refractivity contribution in [3.8, 4) is 0 Å². The van der Waals surface area contributed by atoms with E-state index in [0.717, 1.165) is 5.56 Å². The van der Waals surface area contributed by atoms with Gasteiger partial charge in [-0.2, -0.15) is 4.31 Å². The Bertz CT molecular complexity index is 658. The molecule has 1 aromatic carbocycles. The highest BCUT2D eigenvalue weighted by Gasteiger charge is 2.23. The molecule has 1 aliphatic heterocycles. The number of nitrogens with zero attached hydrogens (tertiary/aromatic N) is 2. The number of sulfonamides is 1. The molecular formula is C16H25FN4O3S. The van der Waals surface area contributed by atoms with Gasteiger partial charge in [0, 0.05) is 26.2 Å². The van der Waals surface area contributed by atoms with Crippen LogP contribution in [0.5, 0.6) is 0 Å². The van der Waals surface area contributed by atoms with Crippen molar-refractivity contribution >= 4 is 16.0 Å². The zero-order chi connectivity index (χ0) is 18.1. The summed E-state index contributed by atoms with van der Waals surface area (Å²) in [7, 11) is -3.30. The van der Waals surface area contributed by atoms with Crippen molar-refractivity contribution in [2.45, 2.75) is 13.5 Å². The number of benzene rings is 1. The third-order valence-corrected chi connectivity index (χ3v) is 5.57. The summed E-state index contributed by atoms with van der Waals surface area (Å²) < 4.78 is 44.1. The minimum absolute atomic E-state index is 0.00599. The monoisotopic (exact) mass is 372 g/mol. The number of guanidine groups is 1. The third-order valence-electron chi connectivity index (χ3n) is 3.69. The molecule has 1 fully saturated rings. The molecule has 140 valence electrons. The number of morpholine rings is 1. The van der Waals surface area contributed by atoms with Crippen LogP contribution in [0.25, 0.3) is 0 Å². The Balaban J connectivity index is 1.85. The van der Waals surface area contributed by atoms with Crippen LogP contribution >= 0.6 is 0 Å². The van der Waals surface area contributed by atoms with Gasteiger partial charge in [-0.1, -0.05) is 12.1 Å². The Hall–Kier alpha value is -1.71. The van der Waals surface area contributed by atoms with Gasteiger partial charge in [-0.25, -0.2) is 17.8 Å². The highest BCUT2D eigenvalue weighted by molar-refractivity contribution is 7.89. The van der Waals surface area contributed by atoms with E-state index >= 15 is 0 Å². The lowest BCUT2D eigenvalue weighted by molar-refractivity contribution is 0.0730. The molecule has 1 saturated heterocycles. The Morgan fingerprint density at radius 1 is 1.24 bits per heavy atom. The highest BCUT2D eigenvalue weighted by Crippen LogP contribution is 2.05. The summed E-state index contributed by atoms with van der Waals surface area (Å²) in [5.41, 5.74) is 0.875. The van der Waals surface area contributed by atoms with Crippen molar-refractivity contribution in [2.24, 2.45) is 4.99 Å². The maximum atomic E-state index is 12.9. The summed E-state index contributed by atoms with van der Waals surface area (Å²) in [6.45, 7) is 4.91. The molecule has 0 radical (unpaired) electrons. The summed E-state index contributed by atoms with van der Waals surface area (Å²) in [4.78, 5) is 4.39. The summed E-state index contributed by atoms with van der Waals surface area (Å²) in [5.74, 6) is 0.239. The lowest BCUT2D eigenvalue weighted by Crippen LogP contribution is -2.45. The summed E-state index contributed by atoms with van der Waals surface area (Å²) in [6.07, 6.45) is 0. The molecule has 0 bridgehead atoms. The molecule has 1 aliphatic rings. The first-order chi connectivity index (χ1) is 12.0. The van der Waals surface area contributed by atoms with Crippen LogP contribution in [0.2, 0.25) is 0 Å². The van der Waals surface area contributed by atoms with Gasteiger partial charge in [0.15, 0.2) is 5.96 Å². The van der Waals surface area contributed by atoms with Crippen LogP contribution in [-0.4, -0.2) is 63.8 Å². The lowest BCUT2D eigenvalue weighted by atomic mass is 10.2. The Kier molecular flexibility index (Phi) is 7.60. The third kappa shape index (κ3) is 6.60. The van der Waals surface area contributed by atoms with E-state index in [4.69, 9.17) is 4.74 Å². The molecular weight excluding hydrogens is 347 g/mol. The van der Waals surface area contributed by atoms with Gasteiger partial charge in [0.05, 0.1) is 25.5 Å². The second kappa shape index (κ2) is 9.69. The topological polar surface area (TPSA) is 83.0 Å². The minimum Gasteiger partial charge on any atom is -0.379 e. The van der Waals surface area contributed by atoms with Crippen LogP contribution in [0, 0.1) is 5.82 Å². The molecule has 25 heavy (non-hydrogen) atoms. The van der Waals surface area contributed by atoms with Gasteiger partial charge in [0.25, 0.3) is 0 Å². The van der Waals surface area contributed by atoms with E-state index in [1.165, 1.54) is 16.4 Å². The van der Waals surface area contributed by atoms with Crippen LogP contribution in [0.4, 0.5) is 4.39 Å². The predicted molar refractivity (Wildman–Crippen MR) is 95.4 cm³/mol. The first-order valence-corrected chi connectivity index (χ1v) is 9.94. The zero-order valence-corrected chi connectivity index (χ0v) is 15.2. The largest absolute Gasteiger partial charge is 0.379 e. The number of hydrogen-bond donors (Lipinski definition) is 2. The molecule has 0 unspecified atom stereocenters. The molecule has 9 heteroatoms. The zero-order valence-electron chi connectivity index (χ0n) is 14.4. The van der Waals surface area contributed by atoms with Crippen LogP contribution in [0.1, 0.15) is 12.5 Å². The Morgan fingerprint density at radius 3 is 2.56 bits per heavy atom. The summed E-state index contributed by atoms with van der Waals surface area (Å²) in [5, 5.41) is 6.09. The molecule has 0 saturated carbocycles. The minimum atomic E-state index is -3.30. The molecule has 0 aromatic heterocycles. The second-order valence-corrected chi connectivity index (χ2v) is 7.66. The molecule has 0 amide bonds. The van der Waals surface area contributed by atoms with Gasteiger partial charge in [-0.3, -0.25) is 0 Å². The summed E-state index contributed by atoms with van der Waals surface area (Å²) >= 11 is 0. The Labute approximate surface area is 148 Å². The van der Waals surface area contributed by atoms with Gasteiger partial charge >= 0.3 is 0 Å². The molecule has 1 aromatic rings. The van der Waals surface area contributed by atoms with Crippen molar-refractivity contribution < 1.29 is 17.5 Å². The van der Waals surface area contributed by atoms with E-state index in [0.29, 0.717) is 45.4 Å². The van der Waals surface area contributed by atoms with Crippen LogP contribution in [0.15, 0.2) is 29.3 Å². The standard InChI is InChI=1S/C16H25FN4O3S/c1-2-18-16(20-13-14-3-5-15(17)6-4-14)19-7-12-25(22,23)21-8-10-24-11-9-21/h3-6H,2,7-13H2,1H3,(H2,18,19,20). The number of rotatable bonds is 7. The smallest absolute Gasteiger partial charge is 0.215 e. The molecule has 0 spiro atoms. The van der Waals surface area contributed by atoms with Crippen LogP contribution in [-0.2, 0) is 21.3 Å². The maximum absolute atomic E-state index is 12.9. The Morgan fingerprint density at radius 2 is 1.92 bits per heavy atom. The molecule has 7 nitrogen and oxygen atoms in total. The van der Waals surface area contributed by atoms with E-state index in [2.05, 4.69) is 15.6 Å². The summed E-state index contributed by atoms with van der Waals surface area (Å²) in [6, 6.07) is 6.12. The van der Waals surface area contributed by atoms with Gasteiger partial charge in [-0.05, 0) is 24.6 Å². The van der Waals surface area contributed by atoms with Crippen molar-refractivity contribution in [1.82, 2.24) is 14.9 Å². The molecule has 0 aliphatic carbocycles. The normalized spacial score (nSPS) is 16.6. The number of halogens is 1. The van der Waals surface area contributed by atoms with Gasteiger partial charge < -0.3 is 15.4 Å². The second-order valence-electron chi connectivity index (χ2n) is 5.58. The van der Waals surface area contributed by atoms with Crippen molar-refractivity contribution in [1.29, 1.82) is 0 Å². The predicted octanol–water partition coefficient (Wildman–Crippen LogP) is 0.543. The van der Waals surface area contributed by atoms with E-state index < -0.39 is 10.0 Å². The first-order valence-electron chi connectivity index (χ1n) is 8.33. The maximum Gasteiger partial charge on any atom is 0.215 e. The van der Waals surface area contributed by atoms with Gasteiger partial charge in [0.1, 0.15) is 5.82 Å². The van der Waals surface area contributed by atoms with E-state index in [-0.39, 0.29) is 18.1 Å². The average molecular weight is 372 g/mol. The SMILES string of the molecule is CCNC(=NCc1ccc(F)cc1)NCCS(=O)(=O)N1CCOCC1. The fraction of sp³-hybridized carbons (Fsp3) is 0.562. The van der Waals surface area contributed by atoms with Gasteiger partial charge in [-0.15, -0.1) is 0 Å². The van der Waals surface area contributed by atoms with Crippen LogP contribution in [0.3, 0.4) is 0 Å². The van der Waals surface area contributed by atoms with E-state index in [1.54, 1.807) is 12.1 Å². The van der Waals surface area contributed by atoms with Gasteiger partial charge in [0.2, 0.25) is 10.0 Å². The van der Waals surface area contributed by atoms with E-state index in [9.17, 15) is 12.8 Å². The molecule has 0 atom stereocenters. The lowest BCUT2D eigenvalue weighted by Gasteiger charge is -2.26. The number of aliphatic imine (C=N–C) groups is 1. The number of hydrogen-bond acceptors (Lipinski definition) is 4. The number of nitrogens with one attached hydrogen (secondary N) is 2. The highest BCUT2D eigenvalue weighted by atomic mass is 32.2. The fourth-order valence-electron chi connectivity index (χ4n) is 2.35. The van der Waals surface area contributed by atoms with E-state index in [1.807, 2.05) is 6.92 Å². The molecule has 2 rings (SSSR count). The average Bonchev–Trinajstić information content (AvgIpc) is 2.61. The fourth-order valence-corrected chi connectivity index (χ4v) is 3.68. The van der Waals surface area contributed by atoms with Crippen molar-refractivity contribution in [3.05, 3.63) is 35.6 Å². The van der Waals surface area contributed by atoms with Crippen molar-refractivity contribution in [3.63, 3.8) is 0 Å². The van der Waals surface area contributed by atoms with Crippen LogP contribution < -0.4 is 10.6 Å².